The predicted molar refractivity (Wildman–Crippen MR) is 44.8 cm³/mol. The van der Waals surface area contributed by atoms with Crippen molar-refractivity contribution in [2.24, 2.45) is 0 Å². The topological polar surface area (TPSA) is 35.5 Å². The van der Waals surface area contributed by atoms with Crippen LogP contribution >= 0.6 is 0 Å². The van der Waals surface area contributed by atoms with E-state index in [0.717, 1.165) is 25.0 Å². The zero-order valence-electron chi connectivity index (χ0n) is 7.34. The molecule has 0 saturated carbocycles. The Balaban J connectivity index is 2.37. The van der Waals surface area contributed by atoms with E-state index in [2.05, 4.69) is 0 Å². The first-order valence-electron chi connectivity index (χ1n) is 4.27. The number of carbonyl (C=O) groups excluding carboxylic acids is 1. The molecule has 0 aromatic rings. The summed E-state index contributed by atoms with van der Waals surface area (Å²) in [6.07, 6.45) is 3.51. The van der Waals surface area contributed by atoms with Crippen molar-refractivity contribution in [3.63, 3.8) is 0 Å². The van der Waals surface area contributed by atoms with Crippen LogP contribution in [0.5, 0.6) is 0 Å². The van der Waals surface area contributed by atoms with Crippen LogP contribution in [0.3, 0.4) is 0 Å². The molecule has 0 aromatic heterocycles. The third kappa shape index (κ3) is 3.05. The molecular weight excluding hydrogens is 156 g/mol. The quantitative estimate of drug-likeness (QED) is 0.462. The number of rotatable bonds is 2. The number of ether oxygens (including phenoxy) is 2. The molecule has 1 aliphatic heterocycles. The first-order chi connectivity index (χ1) is 5.83. The maximum absolute atomic E-state index is 11.0. The fourth-order valence-corrected chi connectivity index (χ4v) is 1.14. The predicted octanol–water partition coefficient (Wildman–Crippen LogP) is 1.29. The van der Waals surface area contributed by atoms with Crippen LogP contribution in [-0.2, 0) is 14.3 Å². The monoisotopic (exact) mass is 170 g/mol. The van der Waals surface area contributed by atoms with Crippen LogP contribution in [0.1, 0.15) is 19.8 Å². The van der Waals surface area contributed by atoms with E-state index in [1.54, 1.807) is 13.0 Å². The van der Waals surface area contributed by atoms with Crippen molar-refractivity contribution in [2.45, 2.75) is 19.8 Å². The van der Waals surface area contributed by atoms with Crippen LogP contribution in [0.4, 0.5) is 0 Å². The second-order valence-electron chi connectivity index (χ2n) is 2.71. The van der Waals surface area contributed by atoms with Gasteiger partial charge in [-0.3, -0.25) is 0 Å². The van der Waals surface area contributed by atoms with Gasteiger partial charge in [0.1, 0.15) is 0 Å². The van der Waals surface area contributed by atoms with Crippen LogP contribution in [0.15, 0.2) is 11.6 Å². The Bertz CT molecular complexity index is 176. The Hall–Kier alpha value is -0.830. The summed E-state index contributed by atoms with van der Waals surface area (Å²) in [6, 6.07) is 0. The summed E-state index contributed by atoms with van der Waals surface area (Å²) in [5, 5.41) is 0. The third-order valence-electron chi connectivity index (χ3n) is 1.68. The lowest BCUT2D eigenvalue weighted by Gasteiger charge is -2.13. The zero-order valence-corrected chi connectivity index (χ0v) is 7.34. The number of hydrogen-bond acceptors (Lipinski definition) is 3. The minimum absolute atomic E-state index is 0.252. The fraction of sp³-hybridized carbons (Fsp3) is 0.667. The van der Waals surface area contributed by atoms with Crippen LogP contribution in [0, 0.1) is 0 Å². The van der Waals surface area contributed by atoms with E-state index in [4.69, 9.17) is 9.47 Å². The van der Waals surface area contributed by atoms with Crippen molar-refractivity contribution in [1.82, 2.24) is 0 Å². The van der Waals surface area contributed by atoms with E-state index in [1.807, 2.05) is 0 Å². The van der Waals surface area contributed by atoms with E-state index in [1.165, 1.54) is 0 Å². The third-order valence-corrected chi connectivity index (χ3v) is 1.68. The Morgan fingerprint density at radius 2 is 2.58 bits per heavy atom. The van der Waals surface area contributed by atoms with Gasteiger partial charge in [-0.2, -0.15) is 0 Å². The molecule has 0 radical (unpaired) electrons. The molecule has 0 atom stereocenters. The summed E-state index contributed by atoms with van der Waals surface area (Å²) in [5.41, 5.74) is 1.04. The molecule has 1 heterocycles. The highest BCUT2D eigenvalue weighted by Crippen LogP contribution is 2.11. The summed E-state index contributed by atoms with van der Waals surface area (Å²) in [4.78, 5) is 11.0. The summed E-state index contributed by atoms with van der Waals surface area (Å²) in [6.45, 7) is 3.62. The molecule has 1 fully saturated rings. The lowest BCUT2D eigenvalue weighted by Crippen LogP contribution is -2.10. The Kier molecular flexibility index (Phi) is 3.80. The van der Waals surface area contributed by atoms with Gasteiger partial charge in [-0.05, 0) is 25.3 Å². The standard InChI is InChI=1S/C9H14O3/c1-2-12-9(10)6-8-4-3-5-11-7-8/h6H,2-5,7H2,1H3. The minimum Gasteiger partial charge on any atom is -0.463 e. The van der Waals surface area contributed by atoms with Crippen molar-refractivity contribution >= 4 is 5.97 Å². The molecule has 1 aliphatic rings. The highest BCUT2D eigenvalue weighted by molar-refractivity contribution is 5.82. The Morgan fingerprint density at radius 3 is 3.17 bits per heavy atom. The van der Waals surface area contributed by atoms with E-state index >= 15 is 0 Å². The molecule has 3 heteroatoms. The summed E-state index contributed by atoms with van der Waals surface area (Å²) in [5.74, 6) is -0.252. The lowest BCUT2D eigenvalue weighted by atomic mass is 10.1. The minimum atomic E-state index is -0.252. The zero-order chi connectivity index (χ0) is 8.81. The van der Waals surface area contributed by atoms with Gasteiger partial charge in [0.2, 0.25) is 0 Å². The SMILES string of the molecule is CCOC(=O)C=C1CCCOC1. The van der Waals surface area contributed by atoms with Gasteiger partial charge in [0, 0.05) is 12.7 Å². The van der Waals surface area contributed by atoms with Crippen LogP contribution in [-0.4, -0.2) is 25.8 Å². The summed E-state index contributed by atoms with van der Waals surface area (Å²) in [7, 11) is 0. The molecule has 0 unspecified atom stereocenters. The molecule has 12 heavy (non-hydrogen) atoms. The highest BCUT2D eigenvalue weighted by Gasteiger charge is 2.07. The van der Waals surface area contributed by atoms with E-state index in [-0.39, 0.29) is 5.97 Å². The molecule has 1 rings (SSSR count). The van der Waals surface area contributed by atoms with Gasteiger partial charge in [0.25, 0.3) is 0 Å². The van der Waals surface area contributed by atoms with Crippen molar-refractivity contribution in [2.75, 3.05) is 19.8 Å². The maximum Gasteiger partial charge on any atom is 0.330 e. The first-order valence-corrected chi connectivity index (χ1v) is 4.27. The van der Waals surface area contributed by atoms with Gasteiger partial charge in [0.05, 0.1) is 13.2 Å². The molecule has 3 nitrogen and oxygen atoms in total. The average Bonchev–Trinajstić information content (AvgIpc) is 2.06. The molecule has 1 saturated heterocycles. The Morgan fingerprint density at radius 1 is 1.75 bits per heavy atom. The normalized spacial score (nSPS) is 20.9. The highest BCUT2D eigenvalue weighted by atomic mass is 16.5. The largest absolute Gasteiger partial charge is 0.463 e. The van der Waals surface area contributed by atoms with Crippen molar-refractivity contribution in [3.8, 4) is 0 Å². The van der Waals surface area contributed by atoms with E-state index < -0.39 is 0 Å². The molecule has 68 valence electrons. The van der Waals surface area contributed by atoms with Gasteiger partial charge < -0.3 is 9.47 Å². The molecular formula is C9H14O3. The van der Waals surface area contributed by atoms with E-state index in [9.17, 15) is 4.79 Å². The first kappa shape index (κ1) is 9.26. The van der Waals surface area contributed by atoms with Crippen LogP contribution < -0.4 is 0 Å². The number of hydrogen-bond donors (Lipinski definition) is 0. The smallest absolute Gasteiger partial charge is 0.330 e. The second-order valence-corrected chi connectivity index (χ2v) is 2.71. The van der Waals surface area contributed by atoms with Gasteiger partial charge in [-0.15, -0.1) is 0 Å². The molecule has 0 bridgehead atoms. The van der Waals surface area contributed by atoms with Gasteiger partial charge in [-0.1, -0.05) is 0 Å². The molecule has 0 aromatic carbocycles. The van der Waals surface area contributed by atoms with Crippen LogP contribution in [0.2, 0.25) is 0 Å². The summed E-state index contributed by atoms with van der Waals surface area (Å²) >= 11 is 0. The average molecular weight is 170 g/mol. The van der Waals surface area contributed by atoms with E-state index in [0.29, 0.717) is 13.2 Å². The van der Waals surface area contributed by atoms with Crippen molar-refractivity contribution in [1.29, 1.82) is 0 Å². The molecule has 0 amide bonds. The van der Waals surface area contributed by atoms with Crippen molar-refractivity contribution in [3.05, 3.63) is 11.6 Å². The molecule has 0 aliphatic carbocycles. The second kappa shape index (κ2) is 4.93. The van der Waals surface area contributed by atoms with Gasteiger partial charge in [-0.25, -0.2) is 4.79 Å². The Labute approximate surface area is 72.4 Å². The van der Waals surface area contributed by atoms with Gasteiger partial charge in [0.15, 0.2) is 0 Å². The number of esters is 1. The summed E-state index contributed by atoms with van der Waals surface area (Å²) < 4.78 is 9.96. The molecule has 0 N–H and O–H groups in total. The maximum atomic E-state index is 11.0. The number of carbonyl (C=O) groups is 1. The van der Waals surface area contributed by atoms with Crippen LogP contribution in [0.25, 0.3) is 0 Å². The van der Waals surface area contributed by atoms with Gasteiger partial charge >= 0.3 is 5.97 Å². The van der Waals surface area contributed by atoms with Crippen molar-refractivity contribution < 1.29 is 14.3 Å². The molecule has 0 spiro atoms. The fourth-order valence-electron chi connectivity index (χ4n) is 1.14. The lowest BCUT2D eigenvalue weighted by molar-refractivity contribution is -0.137.